The molecule has 9 heteroatoms. The molecule has 0 unspecified atom stereocenters. The van der Waals surface area contributed by atoms with E-state index in [2.05, 4.69) is 15.8 Å². The van der Waals surface area contributed by atoms with Crippen LogP contribution in [0.25, 0.3) is 0 Å². The molecule has 2 N–H and O–H groups in total. The lowest BCUT2D eigenvalue weighted by Gasteiger charge is -2.06. The van der Waals surface area contributed by atoms with Crippen molar-refractivity contribution in [3.63, 3.8) is 0 Å². The summed E-state index contributed by atoms with van der Waals surface area (Å²) in [4.78, 5) is 33.8. The minimum atomic E-state index is -0.611. The van der Waals surface area contributed by atoms with E-state index in [1.54, 1.807) is 30.3 Å². The standard InChI is InChI=1S/C18H18N4O5/c1-2-27-16-8-6-14(7-9-16)20-17(23)11-18(24)21-19-12-13-4-3-5-15(10-13)22(25)26/h3-10,12H,2,11H2,1H3,(H,20,23)(H,21,24). The van der Waals surface area contributed by atoms with E-state index < -0.39 is 23.2 Å². The quantitative estimate of drug-likeness (QED) is 0.320. The molecular formula is C18H18N4O5. The van der Waals surface area contributed by atoms with Gasteiger partial charge in [0.1, 0.15) is 12.2 Å². The molecule has 0 aliphatic heterocycles. The molecule has 0 saturated carbocycles. The topological polar surface area (TPSA) is 123 Å². The summed E-state index contributed by atoms with van der Waals surface area (Å²) in [5.41, 5.74) is 3.10. The van der Waals surface area contributed by atoms with Gasteiger partial charge in [-0.25, -0.2) is 5.43 Å². The summed E-state index contributed by atoms with van der Waals surface area (Å²) in [6.07, 6.45) is 0.842. The molecule has 0 aliphatic rings. The summed E-state index contributed by atoms with van der Waals surface area (Å²) in [5.74, 6) is -0.425. The Morgan fingerprint density at radius 2 is 1.93 bits per heavy atom. The van der Waals surface area contributed by atoms with E-state index in [9.17, 15) is 19.7 Å². The van der Waals surface area contributed by atoms with Crippen LogP contribution in [0.4, 0.5) is 11.4 Å². The van der Waals surface area contributed by atoms with E-state index in [0.717, 1.165) is 0 Å². The van der Waals surface area contributed by atoms with Crippen LogP contribution in [0.1, 0.15) is 18.9 Å². The number of benzene rings is 2. The number of non-ortho nitro benzene ring substituents is 1. The van der Waals surface area contributed by atoms with Gasteiger partial charge in [-0.15, -0.1) is 0 Å². The van der Waals surface area contributed by atoms with Gasteiger partial charge in [0.15, 0.2) is 0 Å². The largest absolute Gasteiger partial charge is 0.494 e. The highest BCUT2D eigenvalue weighted by atomic mass is 16.6. The molecule has 140 valence electrons. The molecule has 2 rings (SSSR count). The van der Waals surface area contributed by atoms with E-state index in [1.807, 2.05) is 6.92 Å². The summed E-state index contributed by atoms with van der Waals surface area (Å²) in [5, 5.41) is 17.0. The lowest BCUT2D eigenvalue weighted by Crippen LogP contribution is -2.24. The molecule has 0 radical (unpaired) electrons. The maximum absolute atomic E-state index is 11.9. The summed E-state index contributed by atoms with van der Waals surface area (Å²) in [7, 11) is 0. The number of nitrogens with zero attached hydrogens (tertiary/aromatic N) is 2. The Bertz CT molecular complexity index is 849. The molecule has 2 amide bonds. The highest BCUT2D eigenvalue weighted by molar-refractivity contribution is 6.03. The third-order valence-corrected chi connectivity index (χ3v) is 3.25. The van der Waals surface area contributed by atoms with E-state index in [4.69, 9.17) is 4.74 Å². The average molecular weight is 370 g/mol. The summed E-state index contributed by atoms with van der Waals surface area (Å²) in [6, 6.07) is 12.5. The monoisotopic (exact) mass is 370 g/mol. The number of ether oxygens (including phenoxy) is 1. The second-order valence-electron chi connectivity index (χ2n) is 5.33. The molecule has 27 heavy (non-hydrogen) atoms. The summed E-state index contributed by atoms with van der Waals surface area (Å²) in [6.45, 7) is 2.42. The molecule has 2 aromatic carbocycles. The molecule has 0 fully saturated rings. The minimum absolute atomic E-state index is 0.0833. The fourth-order valence-electron chi connectivity index (χ4n) is 2.09. The van der Waals surface area contributed by atoms with Crippen LogP contribution in [0, 0.1) is 10.1 Å². The predicted molar refractivity (Wildman–Crippen MR) is 99.7 cm³/mol. The van der Waals surface area contributed by atoms with Gasteiger partial charge in [-0.3, -0.25) is 19.7 Å². The fourth-order valence-corrected chi connectivity index (χ4v) is 2.09. The molecule has 0 aromatic heterocycles. The second kappa shape index (κ2) is 9.66. The van der Waals surface area contributed by atoms with Crippen molar-refractivity contribution in [2.24, 2.45) is 5.10 Å². The molecule has 0 spiro atoms. The lowest BCUT2D eigenvalue weighted by molar-refractivity contribution is -0.384. The Hall–Kier alpha value is -3.75. The Balaban J connectivity index is 1.81. The van der Waals surface area contributed by atoms with Crippen molar-refractivity contribution in [3.05, 3.63) is 64.2 Å². The van der Waals surface area contributed by atoms with Gasteiger partial charge >= 0.3 is 0 Å². The van der Waals surface area contributed by atoms with Crippen LogP contribution in [0.3, 0.4) is 0 Å². The van der Waals surface area contributed by atoms with E-state index in [1.165, 1.54) is 24.4 Å². The normalized spacial score (nSPS) is 10.4. The van der Waals surface area contributed by atoms with Crippen molar-refractivity contribution in [1.82, 2.24) is 5.43 Å². The Morgan fingerprint density at radius 1 is 1.19 bits per heavy atom. The number of hydrazone groups is 1. The highest BCUT2D eigenvalue weighted by Crippen LogP contribution is 2.15. The number of amides is 2. The molecule has 0 atom stereocenters. The van der Waals surface area contributed by atoms with Gasteiger partial charge in [-0.05, 0) is 31.2 Å². The predicted octanol–water partition coefficient (Wildman–Crippen LogP) is 2.47. The molecule has 0 saturated heterocycles. The molecule has 9 nitrogen and oxygen atoms in total. The van der Waals surface area contributed by atoms with Crippen molar-refractivity contribution >= 4 is 29.4 Å². The zero-order chi connectivity index (χ0) is 19.6. The first-order chi connectivity index (χ1) is 13.0. The Morgan fingerprint density at radius 3 is 2.59 bits per heavy atom. The summed E-state index contributed by atoms with van der Waals surface area (Å²) >= 11 is 0. The van der Waals surface area contributed by atoms with Crippen LogP contribution >= 0.6 is 0 Å². The van der Waals surface area contributed by atoms with Gasteiger partial charge in [0, 0.05) is 23.4 Å². The van der Waals surface area contributed by atoms with Crippen LogP contribution in [-0.2, 0) is 9.59 Å². The van der Waals surface area contributed by atoms with Crippen LogP contribution in [0.5, 0.6) is 5.75 Å². The highest BCUT2D eigenvalue weighted by Gasteiger charge is 2.09. The van der Waals surface area contributed by atoms with Gasteiger partial charge in [-0.1, -0.05) is 12.1 Å². The Labute approximate surface area is 155 Å². The zero-order valence-electron chi connectivity index (χ0n) is 14.5. The maximum Gasteiger partial charge on any atom is 0.270 e. The number of anilines is 1. The maximum atomic E-state index is 11.9. The number of hydrogen-bond acceptors (Lipinski definition) is 6. The zero-order valence-corrected chi connectivity index (χ0v) is 14.5. The van der Waals surface area contributed by atoms with Crippen molar-refractivity contribution in [1.29, 1.82) is 0 Å². The van der Waals surface area contributed by atoms with Gasteiger partial charge in [-0.2, -0.15) is 5.10 Å². The van der Waals surface area contributed by atoms with Crippen molar-refractivity contribution < 1.29 is 19.2 Å². The van der Waals surface area contributed by atoms with E-state index in [0.29, 0.717) is 23.6 Å². The first kappa shape index (κ1) is 19.6. The van der Waals surface area contributed by atoms with E-state index >= 15 is 0 Å². The summed E-state index contributed by atoms with van der Waals surface area (Å²) < 4.78 is 5.30. The van der Waals surface area contributed by atoms with Gasteiger partial charge in [0.25, 0.3) is 5.69 Å². The number of nitro benzene ring substituents is 1. The Kier molecular flexibility index (Phi) is 7.00. The number of carbonyl (C=O) groups excluding carboxylic acids is 2. The van der Waals surface area contributed by atoms with Gasteiger partial charge < -0.3 is 10.1 Å². The minimum Gasteiger partial charge on any atom is -0.494 e. The SMILES string of the molecule is CCOc1ccc(NC(=O)CC(=O)NN=Cc2cccc([N+](=O)[O-])c2)cc1. The first-order valence-corrected chi connectivity index (χ1v) is 8.07. The third kappa shape index (κ3) is 6.58. The lowest BCUT2D eigenvalue weighted by atomic mass is 10.2. The molecule has 0 bridgehead atoms. The van der Waals surface area contributed by atoms with E-state index in [-0.39, 0.29) is 5.69 Å². The third-order valence-electron chi connectivity index (χ3n) is 3.25. The van der Waals surface area contributed by atoms with Crippen LogP contribution in [0.2, 0.25) is 0 Å². The van der Waals surface area contributed by atoms with Crippen molar-refractivity contribution in [2.45, 2.75) is 13.3 Å². The van der Waals surface area contributed by atoms with Crippen molar-refractivity contribution in [3.8, 4) is 5.75 Å². The molecule has 0 heterocycles. The average Bonchev–Trinajstić information content (AvgIpc) is 2.63. The fraction of sp³-hybridized carbons (Fsp3) is 0.167. The molecule has 0 aliphatic carbocycles. The van der Waals surface area contributed by atoms with Gasteiger partial charge in [0.2, 0.25) is 11.8 Å². The van der Waals surface area contributed by atoms with Crippen molar-refractivity contribution in [2.75, 3.05) is 11.9 Å². The number of rotatable bonds is 8. The second-order valence-corrected chi connectivity index (χ2v) is 5.33. The number of nitro groups is 1. The molecular weight excluding hydrogens is 352 g/mol. The molecule has 2 aromatic rings. The first-order valence-electron chi connectivity index (χ1n) is 8.07. The number of carbonyl (C=O) groups is 2. The van der Waals surface area contributed by atoms with Gasteiger partial charge in [0.05, 0.1) is 17.7 Å². The van der Waals surface area contributed by atoms with Crippen LogP contribution < -0.4 is 15.5 Å². The van der Waals surface area contributed by atoms with Crippen LogP contribution in [0.15, 0.2) is 53.6 Å². The smallest absolute Gasteiger partial charge is 0.270 e. The van der Waals surface area contributed by atoms with Crippen LogP contribution in [-0.4, -0.2) is 29.6 Å². The number of hydrogen-bond donors (Lipinski definition) is 2. The number of nitrogens with one attached hydrogen (secondary N) is 2.